The highest BCUT2D eigenvalue weighted by atomic mass is 16.6. The molecule has 0 radical (unpaired) electrons. The fourth-order valence-electron chi connectivity index (χ4n) is 2.53. The van der Waals surface area contributed by atoms with Crippen LogP contribution in [-0.2, 0) is 19.1 Å². The molecule has 0 spiro atoms. The molecule has 0 aromatic carbocycles. The average Bonchev–Trinajstić information content (AvgIpc) is 2.38. The predicted octanol–water partition coefficient (Wildman–Crippen LogP) is 1.35. The van der Waals surface area contributed by atoms with E-state index >= 15 is 0 Å². The third kappa shape index (κ3) is 7.22. The number of esters is 1. The zero-order valence-corrected chi connectivity index (χ0v) is 14.1. The molecular formula is C16H29NO5. The van der Waals surface area contributed by atoms with Crippen molar-refractivity contribution in [1.29, 1.82) is 0 Å². The molecule has 1 fully saturated rings. The van der Waals surface area contributed by atoms with Crippen LogP contribution in [0.4, 0.5) is 0 Å². The Morgan fingerprint density at radius 3 is 2.45 bits per heavy atom. The van der Waals surface area contributed by atoms with E-state index in [2.05, 4.69) is 0 Å². The number of ether oxygens (including phenoxy) is 2. The van der Waals surface area contributed by atoms with Crippen molar-refractivity contribution < 1.29 is 24.2 Å². The smallest absolute Gasteiger partial charge is 0.306 e. The van der Waals surface area contributed by atoms with E-state index in [9.17, 15) is 9.59 Å². The van der Waals surface area contributed by atoms with Gasteiger partial charge in [0.1, 0.15) is 5.60 Å². The number of aliphatic hydroxyl groups excluding tert-OH is 1. The van der Waals surface area contributed by atoms with E-state index in [1.165, 1.54) is 6.92 Å². The third-order valence-corrected chi connectivity index (χ3v) is 3.58. The molecule has 0 aromatic rings. The summed E-state index contributed by atoms with van der Waals surface area (Å²) in [6.45, 7) is 8.35. The summed E-state index contributed by atoms with van der Waals surface area (Å²) in [4.78, 5) is 24.8. The molecule has 1 N–H and O–H groups in total. The van der Waals surface area contributed by atoms with E-state index in [4.69, 9.17) is 14.6 Å². The molecule has 6 heteroatoms. The van der Waals surface area contributed by atoms with Crippen molar-refractivity contribution in [2.24, 2.45) is 5.92 Å². The standard InChI is InChI=1S/C16H29NO5/c1-12(19)17(7-8-18)10-14-6-5-13(11-21-14)9-15(20)22-16(2,3)4/h13-14,18H,5-11H2,1-4H3/t13-,14-/m0/s1. The first-order valence-corrected chi connectivity index (χ1v) is 7.91. The van der Waals surface area contributed by atoms with Gasteiger partial charge in [0.2, 0.25) is 5.91 Å². The van der Waals surface area contributed by atoms with Crippen molar-refractivity contribution in [3.63, 3.8) is 0 Å². The second-order valence-corrected chi connectivity index (χ2v) is 6.88. The van der Waals surface area contributed by atoms with E-state index in [1.807, 2.05) is 20.8 Å². The highest BCUT2D eigenvalue weighted by Gasteiger charge is 2.27. The maximum absolute atomic E-state index is 11.8. The first kappa shape index (κ1) is 18.9. The zero-order chi connectivity index (χ0) is 16.8. The molecule has 1 rings (SSSR count). The highest BCUT2D eigenvalue weighted by Crippen LogP contribution is 2.23. The minimum atomic E-state index is -0.457. The van der Waals surface area contributed by atoms with Crippen LogP contribution in [0.15, 0.2) is 0 Å². The van der Waals surface area contributed by atoms with Crippen LogP contribution in [0.2, 0.25) is 0 Å². The number of amides is 1. The Labute approximate surface area is 132 Å². The molecule has 0 unspecified atom stereocenters. The van der Waals surface area contributed by atoms with Gasteiger partial charge in [-0.2, -0.15) is 0 Å². The molecule has 0 bridgehead atoms. The number of hydrogen-bond acceptors (Lipinski definition) is 5. The maximum atomic E-state index is 11.8. The Kier molecular flexibility index (Phi) is 7.29. The summed E-state index contributed by atoms with van der Waals surface area (Å²) in [7, 11) is 0. The quantitative estimate of drug-likeness (QED) is 0.749. The van der Waals surface area contributed by atoms with Gasteiger partial charge >= 0.3 is 5.97 Å². The van der Waals surface area contributed by atoms with Crippen LogP contribution in [0.1, 0.15) is 47.0 Å². The molecule has 22 heavy (non-hydrogen) atoms. The Balaban J connectivity index is 2.34. The van der Waals surface area contributed by atoms with Crippen molar-refractivity contribution in [2.75, 3.05) is 26.3 Å². The Morgan fingerprint density at radius 1 is 1.32 bits per heavy atom. The Bertz CT molecular complexity index is 369. The highest BCUT2D eigenvalue weighted by molar-refractivity contribution is 5.73. The minimum absolute atomic E-state index is 0.0228. The second-order valence-electron chi connectivity index (χ2n) is 6.88. The molecule has 1 aliphatic heterocycles. The number of carbonyl (C=O) groups excluding carboxylic acids is 2. The molecule has 1 heterocycles. The van der Waals surface area contributed by atoms with Gasteiger partial charge in [-0.25, -0.2) is 0 Å². The van der Waals surface area contributed by atoms with Crippen molar-refractivity contribution in [2.45, 2.75) is 58.7 Å². The second kappa shape index (κ2) is 8.48. The van der Waals surface area contributed by atoms with Crippen LogP contribution in [0.5, 0.6) is 0 Å². The average molecular weight is 315 g/mol. The van der Waals surface area contributed by atoms with Gasteiger partial charge in [-0.05, 0) is 39.5 Å². The topological polar surface area (TPSA) is 76.1 Å². The summed E-state index contributed by atoms with van der Waals surface area (Å²) in [6, 6.07) is 0. The lowest BCUT2D eigenvalue weighted by Gasteiger charge is -2.32. The van der Waals surface area contributed by atoms with Crippen LogP contribution in [0, 0.1) is 5.92 Å². The number of carbonyl (C=O) groups is 2. The van der Waals surface area contributed by atoms with Crippen molar-refractivity contribution in [3.05, 3.63) is 0 Å². The first-order chi connectivity index (χ1) is 10.2. The molecule has 1 amide bonds. The molecule has 1 saturated heterocycles. The number of aliphatic hydroxyl groups is 1. The predicted molar refractivity (Wildman–Crippen MR) is 82.3 cm³/mol. The molecule has 6 nitrogen and oxygen atoms in total. The SMILES string of the molecule is CC(=O)N(CCO)C[C@@H]1CC[C@@H](CC(=O)OC(C)(C)C)CO1. The van der Waals surface area contributed by atoms with Gasteiger partial charge in [0.05, 0.1) is 25.7 Å². The third-order valence-electron chi connectivity index (χ3n) is 3.58. The molecule has 0 saturated carbocycles. The summed E-state index contributed by atoms with van der Waals surface area (Å²) in [6.07, 6.45) is 2.04. The summed E-state index contributed by atoms with van der Waals surface area (Å²) < 4.78 is 11.1. The molecule has 2 atom stereocenters. The van der Waals surface area contributed by atoms with Gasteiger partial charge in [-0.3, -0.25) is 9.59 Å². The lowest BCUT2D eigenvalue weighted by molar-refractivity contribution is -0.157. The summed E-state index contributed by atoms with van der Waals surface area (Å²) in [5.74, 6) is -0.0755. The molecule has 0 aromatic heterocycles. The summed E-state index contributed by atoms with van der Waals surface area (Å²) >= 11 is 0. The van der Waals surface area contributed by atoms with Gasteiger partial charge in [-0.15, -0.1) is 0 Å². The summed E-state index contributed by atoms with van der Waals surface area (Å²) in [5, 5.41) is 8.96. The van der Waals surface area contributed by atoms with E-state index in [0.717, 1.165) is 12.8 Å². The van der Waals surface area contributed by atoms with Crippen molar-refractivity contribution in [1.82, 2.24) is 4.90 Å². The normalized spacial score (nSPS) is 22.2. The van der Waals surface area contributed by atoms with E-state index in [1.54, 1.807) is 4.90 Å². The van der Waals surface area contributed by atoms with E-state index in [0.29, 0.717) is 26.1 Å². The zero-order valence-electron chi connectivity index (χ0n) is 14.1. The lowest BCUT2D eigenvalue weighted by Crippen LogP contribution is -2.41. The number of rotatable bonds is 6. The number of hydrogen-bond donors (Lipinski definition) is 1. The Hall–Kier alpha value is -1.14. The molecule has 1 aliphatic rings. The first-order valence-electron chi connectivity index (χ1n) is 7.91. The van der Waals surface area contributed by atoms with Gasteiger partial charge in [-0.1, -0.05) is 0 Å². The molecular weight excluding hydrogens is 286 g/mol. The summed E-state index contributed by atoms with van der Waals surface area (Å²) in [5.41, 5.74) is -0.457. The van der Waals surface area contributed by atoms with Crippen molar-refractivity contribution in [3.8, 4) is 0 Å². The van der Waals surface area contributed by atoms with Crippen LogP contribution < -0.4 is 0 Å². The van der Waals surface area contributed by atoms with Gasteiger partial charge in [0.15, 0.2) is 0 Å². The molecule has 0 aliphatic carbocycles. The Morgan fingerprint density at radius 2 is 2.00 bits per heavy atom. The van der Waals surface area contributed by atoms with Gasteiger partial charge < -0.3 is 19.5 Å². The minimum Gasteiger partial charge on any atom is -0.460 e. The number of nitrogens with zero attached hydrogens (tertiary/aromatic N) is 1. The molecule has 128 valence electrons. The fraction of sp³-hybridized carbons (Fsp3) is 0.875. The van der Waals surface area contributed by atoms with Crippen molar-refractivity contribution >= 4 is 11.9 Å². The van der Waals surface area contributed by atoms with Crippen LogP contribution >= 0.6 is 0 Å². The van der Waals surface area contributed by atoms with E-state index in [-0.39, 0.29) is 30.5 Å². The van der Waals surface area contributed by atoms with Crippen LogP contribution in [0.25, 0.3) is 0 Å². The van der Waals surface area contributed by atoms with Crippen LogP contribution in [0.3, 0.4) is 0 Å². The fourth-order valence-corrected chi connectivity index (χ4v) is 2.53. The maximum Gasteiger partial charge on any atom is 0.306 e. The van der Waals surface area contributed by atoms with Crippen LogP contribution in [-0.4, -0.2) is 59.9 Å². The monoisotopic (exact) mass is 315 g/mol. The lowest BCUT2D eigenvalue weighted by atomic mass is 9.95. The largest absolute Gasteiger partial charge is 0.460 e. The van der Waals surface area contributed by atoms with Gasteiger partial charge in [0, 0.05) is 20.0 Å². The van der Waals surface area contributed by atoms with Gasteiger partial charge in [0.25, 0.3) is 0 Å². The van der Waals surface area contributed by atoms with E-state index < -0.39 is 5.60 Å².